The zero-order valence-corrected chi connectivity index (χ0v) is 15.0. The van der Waals surface area contributed by atoms with Gasteiger partial charge in [-0.1, -0.05) is 18.2 Å². The number of amides is 1. The van der Waals surface area contributed by atoms with Crippen molar-refractivity contribution in [3.8, 4) is 5.75 Å². The minimum Gasteiger partial charge on any atom is -0.496 e. The normalized spacial score (nSPS) is 12.2. The van der Waals surface area contributed by atoms with Gasteiger partial charge >= 0.3 is 12.1 Å². The molecule has 6 nitrogen and oxygen atoms in total. The Labute approximate surface area is 143 Å². The lowest BCUT2D eigenvalue weighted by Crippen LogP contribution is -2.40. The van der Waals surface area contributed by atoms with Gasteiger partial charge in [-0.15, -0.1) is 0 Å². The second kappa shape index (κ2) is 9.15. The van der Waals surface area contributed by atoms with Crippen molar-refractivity contribution in [3.63, 3.8) is 0 Å². The van der Waals surface area contributed by atoms with E-state index in [0.29, 0.717) is 12.8 Å². The van der Waals surface area contributed by atoms with E-state index in [4.69, 9.17) is 9.47 Å². The number of alkyl carbamates (subject to hydrolysis) is 1. The summed E-state index contributed by atoms with van der Waals surface area (Å²) < 4.78 is 15.3. The third kappa shape index (κ3) is 7.35. The number of carbonyl (C=O) groups is 2. The molecule has 0 aliphatic heterocycles. The monoisotopic (exact) mass is 337 g/mol. The number of carbonyl (C=O) groups excluding carboxylic acids is 2. The topological polar surface area (TPSA) is 73.9 Å². The smallest absolute Gasteiger partial charge is 0.407 e. The van der Waals surface area contributed by atoms with Gasteiger partial charge in [0.2, 0.25) is 0 Å². The van der Waals surface area contributed by atoms with Crippen molar-refractivity contribution in [1.82, 2.24) is 5.32 Å². The molecule has 0 radical (unpaired) electrons. The number of esters is 1. The molecular weight excluding hydrogens is 310 g/mol. The number of para-hydroxylation sites is 1. The van der Waals surface area contributed by atoms with Gasteiger partial charge in [0, 0.05) is 12.5 Å². The summed E-state index contributed by atoms with van der Waals surface area (Å²) in [6.45, 7) is 5.41. The van der Waals surface area contributed by atoms with E-state index in [2.05, 4.69) is 10.1 Å². The van der Waals surface area contributed by atoms with Crippen molar-refractivity contribution in [2.45, 2.75) is 51.7 Å². The van der Waals surface area contributed by atoms with E-state index in [1.54, 1.807) is 27.9 Å². The first kappa shape index (κ1) is 19.8. The molecule has 0 saturated heterocycles. The molecular formula is C18H27NO5. The molecule has 0 aliphatic rings. The summed E-state index contributed by atoms with van der Waals surface area (Å²) in [5, 5.41) is 2.83. The molecule has 1 atom stereocenters. The van der Waals surface area contributed by atoms with Crippen LogP contribution >= 0.6 is 0 Å². The summed E-state index contributed by atoms with van der Waals surface area (Å²) in [5.74, 6) is 0.428. The Morgan fingerprint density at radius 2 is 1.83 bits per heavy atom. The Bertz CT molecular complexity index is 551. The third-order valence-corrected chi connectivity index (χ3v) is 3.30. The van der Waals surface area contributed by atoms with Crippen LogP contribution in [0.4, 0.5) is 4.79 Å². The summed E-state index contributed by atoms with van der Waals surface area (Å²) in [6, 6.07) is 7.31. The molecule has 6 heteroatoms. The molecule has 1 rings (SSSR count). The maximum absolute atomic E-state index is 12.0. The van der Waals surface area contributed by atoms with Gasteiger partial charge in [-0.25, -0.2) is 4.79 Å². The lowest BCUT2D eigenvalue weighted by atomic mass is 10.0. The standard InChI is InChI=1S/C18H27NO5/c1-18(2,3)24-17(21)19-14(10-11-16(20)23-5)12-13-8-6-7-9-15(13)22-4/h6-9,14H,10-12H2,1-5H3,(H,19,21)/t14-/m0/s1. The Kier molecular flexibility index (Phi) is 7.55. The Balaban J connectivity index is 2.80. The van der Waals surface area contributed by atoms with Gasteiger partial charge < -0.3 is 19.5 Å². The van der Waals surface area contributed by atoms with Gasteiger partial charge in [0.05, 0.1) is 14.2 Å². The molecule has 0 fully saturated rings. The van der Waals surface area contributed by atoms with Gasteiger partial charge in [0.1, 0.15) is 11.4 Å². The van der Waals surface area contributed by atoms with Crippen molar-refractivity contribution < 1.29 is 23.8 Å². The maximum Gasteiger partial charge on any atom is 0.407 e. The number of hydrogen-bond acceptors (Lipinski definition) is 5. The first-order chi connectivity index (χ1) is 11.2. The van der Waals surface area contributed by atoms with Crippen LogP contribution in [0.25, 0.3) is 0 Å². The number of nitrogens with one attached hydrogen (secondary N) is 1. The van der Waals surface area contributed by atoms with Crippen molar-refractivity contribution in [3.05, 3.63) is 29.8 Å². The largest absolute Gasteiger partial charge is 0.496 e. The summed E-state index contributed by atoms with van der Waals surface area (Å²) in [6.07, 6.45) is 0.684. The molecule has 1 aromatic rings. The Morgan fingerprint density at radius 3 is 2.42 bits per heavy atom. The predicted octanol–water partition coefficient (Wildman–Crippen LogP) is 3.08. The number of rotatable bonds is 7. The average Bonchev–Trinajstić information content (AvgIpc) is 2.50. The molecule has 0 heterocycles. The van der Waals surface area contributed by atoms with E-state index in [9.17, 15) is 9.59 Å². The van der Waals surface area contributed by atoms with Crippen LogP contribution in [0.2, 0.25) is 0 Å². The SMILES string of the molecule is COC(=O)CC[C@@H](Cc1ccccc1OC)NC(=O)OC(C)(C)C. The highest BCUT2D eigenvalue weighted by Gasteiger charge is 2.21. The van der Waals surface area contributed by atoms with Crippen LogP contribution in [0.3, 0.4) is 0 Å². The molecule has 1 aromatic carbocycles. The van der Waals surface area contributed by atoms with E-state index >= 15 is 0 Å². The fraction of sp³-hybridized carbons (Fsp3) is 0.556. The molecule has 0 aromatic heterocycles. The van der Waals surface area contributed by atoms with Crippen molar-refractivity contribution >= 4 is 12.1 Å². The van der Waals surface area contributed by atoms with Crippen molar-refractivity contribution in [2.75, 3.05) is 14.2 Å². The Hall–Kier alpha value is -2.24. The predicted molar refractivity (Wildman–Crippen MR) is 91.1 cm³/mol. The molecule has 134 valence electrons. The highest BCUT2D eigenvalue weighted by molar-refractivity contribution is 5.70. The number of benzene rings is 1. The van der Waals surface area contributed by atoms with Gasteiger partial charge in [-0.3, -0.25) is 4.79 Å². The highest BCUT2D eigenvalue weighted by atomic mass is 16.6. The average molecular weight is 337 g/mol. The van der Waals surface area contributed by atoms with Gasteiger partial charge in [0.25, 0.3) is 0 Å². The van der Waals surface area contributed by atoms with Crippen molar-refractivity contribution in [1.29, 1.82) is 0 Å². The Morgan fingerprint density at radius 1 is 1.17 bits per heavy atom. The summed E-state index contributed by atoms with van der Waals surface area (Å²) >= 11 is 0. The molecule has 0 saturated carbocycles. The first-order valence-corrected chi connectivity index (χ1v) is 7.93. The lowest BCUT2D eigenvalue weighted by Gasteiger charge is -2.24. The third-order valence-electron chi connectivity index (χ3n) is 3.30. The first-order valence-electron chi connectivity index (χ1n) is 7.93. The number of methoxy groups -OCH3 is 2. The maximum atomic E-state index is 12.0. The highest BCUT2D eigenvalue weighted by Crippen LogP contribution is 2.20. The fourth-order valence-electron chi connectivity index (χ4n) is 2.23. The fourth-order valence-corrected chi connectivity index (χ4v) is 2.23. The van der Waals surface area contributed by atoms with E-state index in [1.807, 2.05) is 24.3 Å². The van der Waals surface area contributed by atoms with Crippen LogP contribution in [-0.4, -0.2) is 37.9 Å². The summed E-state index contributed by atoms with van der Waals surface area (Å²) in [7, 11) is 2.95. The van der Waals surface area contributed by atoms with Crippen molar-refractivity contribution in [2.24, 2.45) is 0 Å². The molecule has 0 unspecified atom stereocenters. The minimum absolute atomic E-state index is 0.214. The quantitative estimate of drug-likeness (QED) is 0.774. The van der Waals surface area contributed by atoms with E-state index in [-0.39, 0.29) is 18.4 Å². The van der Waals surface area contributed by atoms with Crippen LogP contribution in [0.1, 0.15) is 39.2 Å². The van der Waals surface area contributed by atoms with Crippen LogP contribution in [-0.2, 0) is 20.7 Å². The van der Waals surface area contributed by atoms with Gasteiger partial charge in [-0.2, -0.15) is 0 Å². The van der Waals surface area contributed by atoms with Crippen LogP contribution in [0, 0.1) is 0 Å². The number of hydrogen-bond donors (Lipinski definition) is 1. The van der Waals surface area contributed by atoms with E-state index in [0.717, 1.165) is 11.3 Å². The molecule has 1 amide bonds. The second-order valence-corrected chi connectivity index (χ2v) is 6.47. The molecule has 0 spiro atoms. The minimum atomic E-state index is -0.582. The van der Waals surface area contributed by atoms with Crippen LogP contribution < -0.4 is 10.1 Å². The van der Waals surface area contributed by atoms with Crippen LogP contribution in [0.5, 0.6) is 5.75 Å². The molecule has 0 bridgehead atoms. The van der Waals surface area contributed by atoms with Gasteiger partial charge in [0.15, 0.2) is 0 Å². The molecule has 0 aliphatic carbocycles. The summed E-state index contributed by atoms with van der Waals surface area (Å²) in [4.78, 5) is 23.5. The summed E-state index contributed by atoms with van der Waals surface area (Å²) in [5.41, 5.74) is 0.368. The number of ether oxygens (including phenoxy) is 3. The molecule has 24 heavy (non-hydrogen) atoms. The van der Waals surface area contributed by atoms with Crippen LogP contribution in [0.15, 0.2) is 24.3 Å². The molecule has 1 N–H and O–H groups in total. The van der Waals surface area contributed by atoms with E-state index < -0.39 is 11.7 Å². The zero-order chi connectivity index (χ0) is 18.2. The van der Waals surface area contributed by atoms with Gasteiger partial charge in [-0.05, 0) is 45.2 Å². The van der Waals surface area contributed by atoms with E-state index in [1.165, 1.54) is 7.11 Å². The second-order valence-electron chi connectivity index (χ2n) is 6.47. The zero-order valence-electron chi connectivity index (χ0n) is 15.0. The lowest BCUT2D eigenvalue weighted by molar-refractivity contribution is -0.140.